The summed E-state index contributed by atoms with van der Waals surface area (Å²) in [5.74, 6) is 0.379. The Labute approximate surface area is 211 Å². The maximum Gasteiger partial charge on any atom is 0.334 e. The maximum atomic E-state index is 14.0. The fourth-order valence-electron chi connectivity index (χ4n) is 6.36. The molecule has 2 unspecified atom stereocenters. The van der Waals surface area contributed by atoms with Gasteiger partial charge in [-0.05, 0) is 30.4 Å². The van der Waals surface area contributed by atoms with E-state index in [9.17, 15) is 9.59 Å². The molecule has 0 spiro atoms. The highest BCUT2D eigenvalue weighted by atomic mass is 16.6. The van der Waals surface area contributed by atoms with Gasteiger partial charge in [-0.1, -0.05) is 56.5 Å². The lowest BCUT2D eigenvalue weighted by molar-refractivity contribution is -0.168. The summed E-state index contributed by atoms with van der Waals surface area (Å²) >= 11 is 0. The van der Waals surface area contributed by atoms with Crippen molar-refractivity contribution in [3.63, 3.8) is 0 Å². The highest BCUT2D eigenvalue weighted by Crippen LogP contribution is 2.45. The minimum atomic E-state index is -0.479. The van der Waals surface area contributed by atoms with Crippen LogP contribution >= 0.6 is 0 Å². The largest absolute Gasteiger partial charge is 0.396 e. The van der Waals surface area contributed by atoms with E-state index >= 15 is 0 Å². The Kier molecular flexibility index (Phi) is 6.93. The number of nitrogens with one attached hydrogen (secondary N) is 1. The molecule has 3 fully saturated rings. The molecular formula is C25H34N8O3. The number of carbonyl (C=O) groups excluding carboxylic acids is 2. The van der Waals surface area contributed by atoms with Gasteiger partial charge in [0.05, 0.1) is 18.8 Å². The van der Waals surface area contributed by atoms with E-state index in [-0.39, 0.29) is 30.1 Å². The fraction of sp³-hybridized carbons (Fsp3) is 0.600. The second-order valence-corrected chi connectivity index (χ2v) is 10.0. The third-order valence-corrected chi connectivity index (χ3v) is 7.99. The van der Waals surface area contributed by atoms with E-state index in [2.05, 4.69) is 20.4 Å². The van der Waals surface area contributed by atoms with Crippen LogP contribution in [-0.4, -0.2) is 70.1 Å². The van der Waals surface area contributed by atoms with Gasteiger partial charge in [0.15, 0.2) is 0 Å². The Morgan fingerprint density at radius 2 is 1.97 bits per heavy atom. The van der Waals surface area contributed by atoms with Crippen LogP contribution in [0.25, 0.3) is 10.4 Å². The molecule has 0 bridgehead atoms. The quantitative estimate of drug-likeness (QED) is 0.280. The first-order valence-electron chi connectivity index (χ1n) is 12.9. The van der Waals surface area contributed by atoms with Crippen LogP contribution in [-0.2, 0) is 16.2 Å². The Morgan fingerprint density at radius 3 is 2.67 bits per heavy atom. The van der Waals surface area contributed by atoms with Gasteiger partial charge < -0.3 is 20.0 Å². The number of carbonyl (C=O) groups is 2. The second-order valence-electron chi connectivity index (χ2n) is 10.0. The van der Waals surface area contributed by atoms with Crippen molar-refractivity contribution in [2.75, 3.05) is 20.1 Å². The minimum absolute atomic E-state index is 0.0798. The molecule has 2 saturated heterocycles. The molecule has 11 heteroatoms. The molecule has 0 radical (unpaired) electrons. The number of hydrogen-bond acceptors (Lipinski definition) is 6. The lowest BCUT2D eigenvalue weighted by Gasteiger charge is -2.56. The zero-order chi connectivity index (χ0) is 25.2. The third kappa shape index (κ3) is 4.22. The first-order valence-corrected chi connectivity index (χ1v) is 12.9. The first kappa shape index (κ1) is 24.3. The van der Waals surface area contributed by atoms with Crippen LogP contribution in [0.3, 0.4) is 0 Å². The number of azide groups is 1. The van der Waals surface area contributed by atoms with Crippen LogP contribution in [0.15, 0.2) is 47.1 Å². The molecule has 5 rings (SSSR count). The van der Waals surface area contributed by atoms with Gasteiger partial charge >= 0.3 is 6.03 Å². The molecule has 3 heterocycles. The van der Waals surface area contributed by atoms with E-state index in [0.717, 1.165) is 36.9 Å². The summed E-state index contributed by atoms with van der Waals surface area (Å²) in [5, 5.41) is 10.1. The normalized spacial score (nSPS) is 26.6. The number of rotatable bonds is 6. The zero-order valence-corrected chi connectivity index (χ0v) is 20.9. The summed E-state index contributed by atoms with van der Waals surface area (Å²) < 4.78 is 0. The number of benzene rings is 1. The van der Waals surface area contributed by atoms with E-state index in [4.69, 9.17) is 10.4 Å². The minimum Gasteiger partial charge on any atom is -0.396 e. The van der Waals surface area contributed by atoms with E-state index in [0.29, 0.717) is 31.8 Å². The Hall–Kier alpha value is -3.43. The van der Waals surface area contributed by atoms with Crippen molar-refractivity contribution in [1.29, 1.82) is 0 Å². The van der Waals surface area contributed by atoms with Crippen molar-refractivity contribution in [2.24, 2.45) is 11.2 Å². The zero-order valence-electron chi connectivity index (χ0n) is 20.9. The Balaban J connectivity index is 1.48. The average Bonchev–Trinajstić information content (AvgIpc) is 3.22. The monoisotopic (exact) mass is 494 g/mol. The van der Waals surface area contributed by atoms with Gasteiger partial charge in [-0.15, -0.1) is 0 Å². The number of amides is 3. The lowest BCUT2D eigenvalue weighted by atomic mass is 9.89. The number of nitrogens with zero attached hydrogens (tertiary/aromatic N) is 7. The van der Waals surface area contributed by atoms with Gasteiger partial charge in [0.1, 0.15) is 23.2 Å². The van der Waals surface area contributed by atoms with Crippen LogP contribution < -0.4 is 5.32 Å². The molecule has 3 atom stereocenters. The Bertz CT molecular complexity index is 1070. The predicted molar refractivity (Wildman–Crippen MR) is 132 cm³/mol. The van der Waals surface area contributed by atoms with Crippen molar-refractivity contribution in [3.8, 4) is 0 Å². The van der Waals surface area contributed by atoms with Crippen molar-refractivity contribution >= 4 is 11.9 Å². The van der Waals surface area contributed by atoms with E-state index in [1.54, 1.807) is 5.01 Å². The highest BCUT2D eigenvalue weighted by molar-refractivity contribution is 5.86. The smallest absolute Gasteiger partial charge is 0.334 e. The van der Waals surface area contributed by atoms with Crippen LogP contribution in [0.1, 0.15) is 51.0 Å². The van der Waals surface area contributed by atoms with Crippen molar-refractivity contribution in [3.05, 3.63) is 57.8 Å². The average molecular weight is 495 g/mol. The maximum absolute atomic E-state index is 14.0. The molecule has 3 amide bonds. The molecule has 4 aliphatic rings. The van der Waals surface area contributed by atoms with Crippen LogP contribution in [0.4, 0.5) is 4.79 Å². The lowest BCUT2D eigenvalue weighted by Crippen LogP contribution is -2.73. The van der Waals surface area contributed by atoms with Gasteiger partial charge in [-0.25, -0.2) is 14.8 Å². The van der Waals surface area contributed by atoms with Crippen LogP contribution in [0.2, 0.25) is 0 Å². The number of hydrogen-bond donors (Lipinski definition) is 1. The summed E-state index contributed by atoms with van der Waals surface area (Å²) in [6.45, 7) is 3.23. The van der Waals surface area contributed by atoms with Crippen molar-refractivity contribution in [2.45, 2.75) is 70.2 Å². The first-order chi connectivity index (χ1) is 17.5. The molecule has 1 aliphatic carbocycles. The SMILES string of the molecule is CCC1C(ON=[N+]=[N-])=C2CN(C)N(C(=O)NCc3ccccc3)C3CN(C4CCCCC4)C(=O)[C@H]1N23. The molecule has 192 valence electrons. The van der Waals surface area contributed by atoms with Gasteiger partial charge in [0, 0.05) is 30.5 Å². The van der Waals surface area contributed by atoms with E-state index in [1.165, 1.54) is 6.42 Å². The molecule has 3 aliphatic heterocycles. The van der Waals surface area contributed by atoms with Crippen LogP contribution in [0, 0.1) is 5.92 Å². The van der Waals surface area contributed by atoms with E-state index < -0.39 is 6.04 Å². The number of likely N-dealkylation sites (N-methyl/N-ethyl adjacent to an activating group) is 1. The highest BCUT2D eigenvalue weighted by Gasteiger charge is 2.58. The molecule has 1 aromatic rings. The summed E-state index contributed by atoms with van der Waals surface area (Å²) in [6.07, 6.45) is 5.67. The molecule has 1 saturated carbocycles. The molecule has 36 heavy (non-hydrogen) atoms. The van der Waals surface area contributed by atoms with Crippen molar-refractivity contribution in [1.82, 2.24) is 25.1 Å². The van der Waals surface area contributed by atoms with Gasteiger partial charge in [0.25, 0.3) is 0 Å². The van der Waals surface area contributed by atoms with Gasteiger partial charge in [-0.3, -0.25) is 4.79 Å². The Morgan fingerprint density at radius 1 is 1.22 bits per heavy atom. The number of hydrazine groups is 1. The molecule has 0 aromatic heterocycles. The fourth-order valence-corrected chi connectivity index (χ4v) is 6.36. The number of piperazine rings is 1. The molecule has 1 N–H and O–H groups in total. The predicted octanol–water partition coefficient (Wildman–Crippen LogP) is 3.72. The topological polar surface area (TPSA) is 117 Å². The molecule has 1 aromatic carbocycles. The molecule has 11 nitrogen and oxygen atoms in total. The molecular weight excluding hydrogens is 460 g/mol. The van der Waals surface area contributed by atoms with Crippen molar-refractivity contribution < 1.29 is 14.4 Å². The summed E-state index contributed by atoms with van der Waals surface area (Å²) in [4.78, 5) is 39.9. The summed E-state index contributed by atoms with van der Waals surface area (Å²) in [7, 11) is 1.87. The number of urea groups is 1. The standard InChI is InChI=1S/C25H34N8O3/c1-3-19-22-24(34)31(18-12-8-5-9-13-18)16-21-32(22)20(23(19)36-29-28-26)15-30(2)33(21)25(35)27-14-17-10-6-4-7-11-17/h4,6-7,10-11,18-19,21-22H,3,5,8-9,12-16H2,1-2H3,(H,27,35)/t19?,21?,22-/m0/s1. The second kappa shape index (κ2) is 10.3. The van der Waals surface area contributed by atoms with Gasteiger partial charge in [-0.2, -0.15) is 0 Å². The summed E-state index contributed by atoms with van der Waals surface area (Å²) in [6, 6.07) is 9.30. The van der Waals surface area contributed by atoms with Crippen LogP contribution in [0.5, 0.6) is 0 Å². The van der Waals surface area contributed by atoms with E-state index in [1.807, 2.05) is 54.2 Å². The van der Waals surface area contributed by atoms with Gasteiger partial charge in [0.2, 0.25) is 5.91 Å². The summed E-state index contributed by atoms with van der Waals surface area (Å²) in [5.41, 5.74) is 10.7. The third-order valence-electron chi connectivity index (χ3n) is 7.99.